The molecule has 0 spiro atoms. The van der Waals surface area contributed by atoms with Crippen LogP contribution in [0.3, 0.4) is 0 Å². The van der Waals surface area contributed by atoms with Gasteiger partial charge in [-0.05, 0) is 0 Å². The van der Waals surface area contributed by atoms with Gasteiger partial charge >= 0.3 is 69.1 Å². The summed E-state index contributed by atoms with van der Waals surface area (Å²) in [6, 6.07) is 13.0. The third-order valence-corrected chi connectivity index (χ3v) is 0.552. The number of hydrogen-bond acceptors (Lipinski definition) is 0. The third-order valence-electron chi connectivity index (χ3n) is 0.552. The van der Waals surface area contributed by atoms with Gasteiger partial charge in [-0.15, -0.1) is 0 Å². The van der Waals surface area contributed by atoms with Crippen LogP contribution in [-0.4, -0.2) is 0 Å². The van der Waals surface area contributed by atoms with Gasteiger partial charge in [0.1, 0.15) is 0 Å². The summed E-state index contributed by atoms with van der Waals surface area (Å²) in [4.78, 5) is 0. The Bertz CT molecular complexity index is 85.7. The maximum absolute atomic E-state index is 2.86. The van der Waals surface area contributed by atoms with E-state index in [-0.39, 0.29) is 0 Å². The first kappa shape index (κ1) is 14.5. The minimum atomic E-state index is 1.34. The van der Waals surface area contributed by atoms with E-state index in [2.05, 4.69) is 51.6 Å². The van der Waals surface area contributed by atoms with E-state index in [4.69, 9.17) is 0 Å². The van der Waals surface area contributed by atoms with Crippen molar-refractivity contribution in [3.63, 3.8) is 0 Å². The zero-order chi connectivity index (χ0) is 8.24. The summed E-state index contributed by atoms with van der Waals surface area (Å²) in [5.74, 6) is 0. The van der Waals surface area contributed by atoms with Crippen molar-refractivity contribution in [3.05, 3.63) is 36.4 Å². The first-order valence-corrected chi connectivity index (χ1v) is 20.5. The van der Waals surface area contributed by atoms with Crippen molar-refractivity contribution >= 4 is 39.5 Å². The van der Waals surface area contributed by atoms with Crippen molar-refractivity contribution in [2.24, 2.45) is 0 Å². The van der Waals surface area contributed by atoms with Gasteiger partial charge < -0.3 is 12.1 Å². The van der Waals surface area contributed by atoms with E-state index < -0.39 is 0 Å². The van der Waals surface area contributed by atoms with Crippen molar-refractivity contribution in [2.45, 2.75) is 0 Å². The van der Waals surface area contributed by atoms with Gasteiger partial charge in [-0.25, -0.2) is 0 Å². The number of hydrogen-bond donors (Lipinski definition) is 0. The molecule has 0 saturated carbocycles. The summed E-state index contributed by atoms with van der Waals surface area (Å²) in [5.41, 5.74) is 0. The largest absolute Gasteiger partial charge is 0.319 e. The Balaban J connectivity index is 0. The molecule has 0 amide bonds. The average Bonchev–Trinajstić information content (AvgIpc) is 2.14. The van der Waals surface area contributed by atoms with Gasteiger partial charge in [-0.1, -0.05) is 0 Å². The number of rotatable bonds is 0. The molecule has 1 rings (SSSR count). The topological polar surface area (TPSA) is 0 Å². The van der Waals surface area contributed by atoms with Crippen molar-refractivity contribution in [1.82, 2.24) is 0 Å². The smallest absolute Gasteiger partial charge is 0.288 e. The molecule has 1 aromatic rings. The van der Waals surface area contributed by atoms with Crippen LogP contribution in [0.2, 0.25) is 0 Å². The van der Waals surface area contributed by atoms with Crippen LogP contribution in [0.25, 0.3) is 0 Å². The molecule has 0 aliphatic heterocycles. The number of halogens is 2. The van der Waals surface area contributed by atoms with E-state index in [1.54, 1.807) is 0 Å². The molecule has 0 bridgehead atoms. The minimum Gasteiger partial charge on any atom is -0.319 e. The second-order valence-corrected chi connectivity index (χ2v) is 1.00. The Labute approximate surface area is 104 Å². The molecule has 1 aromatic carbocycles. The van der Waals surface area contributed by atoms with Crippen LogP contribution in [0.1, 0.15) is 0 Å². The molecule has 10 heavy (non-hydrogen) atoms. The molecule has 0 unspecified atom stereocenters. The number of benzene rings is 1. The van der Waals surface area contributed by atoms with Gasteiger partial charge in [-0.3, -0.25) is 24.3 Å². The van der Waals surface area contributed by atoms with Crippen LogP contribution in [0, 0.1) is 12.1 Å². The van der Waals surface area contributed by atoms with Gasteiger partial charge in [0, 0.05) is 0 Å². The van der Waals surface area contributed by atoms with E-state index in [1.807, 2.05) is 24.3 Å². The van der Waals surface area contributed by atoms with Crippen molar-refractivity contribution < 1.29 is 29.6 Å². The van der Waals surface area contributed by atoms with Crippen molar-refractivity contribution in [1.29, 1.82) is 0 Å². The predicted molar refractivity (Wildman–Crippen MR) is 52.2 cm³/mol. The van der Waals surface area contributed by atoms with E-state index >= 15 is 0 Å². The molecule has 0 aliphatic rings. The average molecular weight is 461 g/mol. The summed E-state index contributed by atoms with van der Waals surface area (Å²) in [5, 5.41) is 0. The van der Waals surface area contributed by atoms with Crippen LogP contribution in [0.5, 0.6) is 0 Å². The summed E-state index contributed by atoms with van der Waals surface area (Å²) in [6.07, 6.45) is 0. The Hall–Kier alpha value is 1.93. The second kappa shape index (κ2) is 17.1. The Kier molecular flexibility index (Phi) is 24.8. The second-order valence-electron chi connectivity index (χ2n) is 1.00. The SMILES string of the molecule is [Zn+][I].[Zn+][I].[c-]1cc[c-]cc1. The molecule has 0 saturated heterocycles. The third kappa shape index (κ3) is 12.6. The van der Waals surface area contributed by atoms with E-state index in [9.17, 15) is 0 Å². The van der Waals surface area contributed by atoms with Crippen LogP contribution in [0.4, 0.5) is 0 Å². The fraction of sp³-hybridized carbons (Fsp3) is 0. The minimum absolute atomic E-state index is 1.34. The molecule has 0 N–H and O–H groups in total. The van der Waals surface area contributed by atoms with Crippen molar-refractivity contribution in [2.75, 3.05) is 0 Å². The first-order valence-electron chi connectivity index (χ1n) is 2.36. The van der Waals surface area contributed by atoms with Crippen LogP contribution >= 0.6 is 39.5 Å². The first-order chi connectivity index (χ1) is 5.00. The van der Waals surface area contributed by atoms with Gasteiger partial charge in [-0.2, -0.15) is 0 Å². The van der Waals surface area contributed by atoms with Gasteiger partial charge in [0.25, 0.3) is 0 Å². The van der Waals surface area contributed by atoms with E-state index in [0.29, 0.717) is 0 Å². The molecule has 0 aliphatic carbocycles. The van der Waals surface area contributed by atoms with Crippen LogP contribution in [-0.2, 0) is 29.6 Å². The standard InChI is InChI=1S/C6H4.2HI.2Zn/c1-2-4-6-5-3-1;;;;/h1-2,5-6H;2*1H;;/q-2;;;2*+2/p-2. The Morgan fingerprint density at radius 2 is 0.900 bits per heavy atom. The molecule has 46 valence electrons. The summed E-state index contributed by atoms with van der Waals surface area (Å²) in [6.45, 7) is 0. The van der Waals surface area contributed by atoms with E-state index in [0.717, 1.165) is 0 Å². The van der Waals surface area contributed by atoms with Crippen LogP contribution < -0.4 is 0 Å². The molecular weight excluding hydrogens is 457 g/mol. The molecule has 0 nitrogen and oxygen atoms in total. The van der Waals surface area contributed by atoms with E-state index in [1.165, 1.54) is 29.6 Å². The molecule has 0 heterocycles. The molecule has 0 radical (unpaired) electrons. The predicted octanol–water partition coefficient (Wildman–Crippen LogP) is 3.05. The maximum Gasteiger partial charge on any atom is -0.288 e. The maximum atomic E-state index is 2.86. The zero-order valence-corrected chi connectivity index (χ0v) is 15.7. The summed E-state index contributed by atoms with van der Waals surface area (Å²) >= 11 is 7.24. The summed E-state index contributed by atoms with van der Waals surface area (Å²) in [7, 11) is 0. The van der Waals surface area contributed by atoms with Crippen LogP contribution in [0.15, 0.2) is 24.3 Å². The van der Waals surface area contributed by atoms with Gasteiger partial charge in [0.2, 0.25) is 0 Å². The Morgan fingerprint density at radius 3 is 1.00 bits per heavy atom. The Morgan fingerprint density at radius 1 is 0.700 bits per heavy atom. The fourth-order valence-corrected chi connectivity index (χ4v) is 0.304. The monoisotopic (exact) mass is 458 g/mol. The molecule has 0 atom stereocenters. The molecular formula is C6H4I2Zn2. The molecule has 4 heteroatoms. The molecule has 0 fully saturated rings. The molecule has 0 aromatic heterocycles. The zero-order valence-electron chi connectivity index (χ0n) is 5.48. The van der Waals surface area contributed by atoms with Crippen molar-refractivity contribution in [3.8, 4) is 0 Å². The van der Waals surface area contributed by atoms with Gasteiger partial charge in [0.15, 0.2) is 0 Å². The van der Waals surface area contributed by atoms with Gasteiger partial charge in [0.05, 0.1) is 0 Å². The normalized spacial score (nSPS) is 6.20. The summed E-state index contributed by atoms with van der Waals surface area (Å²) < 4.78 is 0. The quantitative estimate of drug-likeness (QED) is 0.317. The fourth-order valence-electron chi connectivity index (χ4n) is 0.304.